The van der Waals surface area contributed by atoms with Crippen LogP contribution < -0.4 is 0 Å². The fraction of sp³-hybridized carbons (Fsp3) is 0.875. The van der Waals surface area contributed by atoms with Gasteiger partial charge in [0.2, 0.25) is 0 Å². The number of terminal acetylenes is 1. The molecule has 1 N–H and O–H groups in total. The van der Waals surface area contributed by atoms with Crippen LogP contribution in [0.3, 0.4) is 0 Å². The van der Waals surface area contributed by atoms with Gasteiger partial charge in [-0.25, -0.2) is 0 Å². The monoisotopic (exact) mass is 316 g/mol. The summed E-state index contributed by atoms with van der Waals surface area (Å²) in [5.74, 6) is 2.27. The summed E-state index contributed by atoms with van der Waals surface area (Å²) in [6.45, 7) is 23.4. The Bertz CT molecular complexity index is 291. The summed E-state index contributed by atoms with van der Waals surface area (Å²) in [7, 11) is -3.18. The maximum Gasteiger partial charge on any atom is 0.178 e. The number of hydrogen-bond donors (Lipinski definition) is 1. The molecule has 0 radical (unpaired) electrons. The van der Waals surface area contributed by atoms with Gasteiger partial charge in [0.15, 0.2) is 16.6 Å². The summed E-state index contributed by atoms with van der Waals surface area (Å²) in [6, 6.07) is 0. The first kappa shape index (κ1) is 22.2. The molecule has 0 aliphatic heterocycles. The van der Waals surface area contributed by atoms with Crippen molar-refractivity contribution in [2.24, 2.45) is 0 Å². The van der Waals surface area contributed by atoms with Gasteiger partial charge in [-0.05, 0) is 36.3 Å². The van der Waals surface area contributed by atoms with Crippen molar-refractivity contribution in [1.29, 1.82) is 0 Å². The molecule has 0 rings (SSSR count). The molecule has 0 heterocycles. The Balaban J connectivity index is 0. The van der Waals surface area contributed by atoms with Crippen molar-refractivity contribution in [3.05, 3.63) is 0 Å². The molecule has 0 amide bonds. The Morgan fingerprint density at radius 2 is 1.20 bits per heavy atom. The van der Waals surface area contributed by atoms with Crippen molar-refractivity contribution < 1.29 is 9.22 Å². The number of aliphatic hydroxyl groups excluding tert-OH is 1. The Hall–Kier alpha value is -0.0862. The van der Waals surface area contributed by atoms with E-state index >= 15 is 0 Å². The molecule has 0 aliphatic rings. The van der Waals surface area contributed by atoms with Crippen LogP contribution in [-0.4, -0.2) is 28.3 Å². The molecule has 0 aromatic heterocycles. The van der Waals surface area contributed by atoms with E-state index < -0.39 is 16.6 Å². The van der Waals surface area contributed by atoms with E-state index in [1.165, 1.54) is 0 Å². The average Bonchev–Trinajstić information content (AvgIpc) is 2.14. The fourth-order valence-corrected chi connectivity index (χ4v) is 8.56. The van der Waals surface area contributed by atoms with Crippen LogP contribution in [-0.2, 0) is 4.12 Å². The highest BCUT2D eigenvalue weighted by Gasteiger charge is 2.46. The van der Waals surface area contributed by atoms with E-state index in [4.69, 9.17) is 15.6 Å². The van der Waals surface area contributed by atoms with Gasteiger partial charge in [0, 0.05) is 6.42 Å². The second-order valence-electron chi connectivity index (χ2n) is 8.30. The molecule has 120 valence electrons. The predicted molar refractivity (Wildman–Crippen MR) is 96.0 cm³/mol. The zero-order valence-corrected chi connectivity index (χ0v) is 17.3. The summed E-state index contributed by atoms with van der Waals surface area (Å²) >= 11 is 0. The zero-order valence-electron chi connectivity index (χ0n) is 15.3. The van der Waals surface area contributed by atoms with Gasteiger partial charge in [-0.1, -0.05) is 41.5 Å². The van der Waals surface area contributed by atoms with Crippen molar-refractivity contribution in [2.75, 3.05) is 6.61 Å². The third-order valence-electron chi connectivity index (χ3n) is 4.38. The lowest BCUT2D eigenvalue weighted by molar-refractivity contribution is 0.305. The molecule has 0 aromatic carbocycles. The van der Waals surface area contributed by atoms with E-state index in [9.17, 15) is 0 Å². The van der Waals surface area contributed by atoms with Crippen LogP contribution in [0.25, 0.3) is 0 Å². The first-order chi connectivity index (χ1) is 8.62. The molecule has 0 aliphatic carbocycles. The van der Waals surface area contributed by atoms with Crippen molar-refractivity contribution in [2.45, 2.75) is 84.2 Å². The van der Waals surface area contributed by atoms with E-state index in [1.54, 1.807) is 0 Å². The van der Waals surface area contributed by atoms with Crippen molar-refractivity contribution in [1.82, 2.24) is 0 Å². The van der Waals surface area contributed by atoms with Crippen molar-refractivity contribution in [3.63, 3.8) is 0 Å². The highest BCUT2D eigenvalue weighted by atomic mass is 28.4. The quantitative estimate of drug-likeness (QED) is 0.585. The standard InChI is InChI=1S/C12H30OSi2.C4H6O/c1-11(2,3)14(7,8)13-15(9,10)12(4,5)6;1-2-3-4-5/h1-10H3;1,5H,3-4H2. The molecule has 0 bridgehead atoms. The minimum Gasteiger partial charge on any atom is -0.455 e. The summed E-state index contributed by atoms with van der Waals surface area (Å²) in [6.07, 6.45) is 5.20. The molecular weight excluding hydrogens is 280 g/mol. The topological polar surface area (TPSA) is 29.5 Å². The maximum absolute atomic E-state index is 7.92. The van der Waals surface area contributed by atoms with Gasteiger partial charge in [0.05, 0.1) is 6.61 Å². The normalized spacial score (nSPS) is 13.3. The Morgan fingerprint density at radius 1 is 0.900 bits per heavy atom. The smallest absolute Gasteiger partial charge is 0.178 e. The SMILES string of the molecule is C#CCCO.CC(C)(C)[Si](C)(C)O[Si](C)(C)C(C)(C)C. The molecular formula is C16H36O2Si2. The van der Waals surface area contributed by atoms with E-state index in [1.807, 2.05) is 0 Å². The molecule has 0 saturated heterocycles. The first-order valence-corrected chi connectivity index (χ1v) is 13.2. The largest absolute Gasteiger partial charge is 0.455 e. The summed E-state index contributed by atoms with van der Waals surface area (Å²) in [4.78, 5) is 0. The first-order valence-electron chi connectivity index (χ1n) is 7.37. The van der Waals surface area contributed by atoms with Crippen LogP contribution in [0.15, 0.2) is 0 Å². The molecule has 2 nitrogen and oxygen atoms in total. The van der Waals surface area contributed by atoms with E-state index in [2.05, 4.69) is 73.7 Å². The summed E-state index contributed by atoms with van der Waals surface area (Å²) < 4.78 is 6.63. The number of hydrogen-bond acceptors (Lipinski definition) is 2. The van der Waals surface area contributed by atoms with E-state index in [0.717, 1.165) is 0 Å². The molecule has 0 saturated carbocycles. The lowest BCUT2D eigenvalue weighted by atomic mass is 10.2. The van der Waals surface area contributed by atoms with Crippen LogP contribution in [0.2, 0.25) is 36.3 Å². The zero-order chi connectivity index (χ0) is 16.8. The molecule has 0 aromatic rings. The molecule has 0 unspecified atom stereocenters. The molecule has 20 heavy (non-hydrogen) atoms. The van der Waals surface area contributed by atoms with Gasteiger partial charge >= 0.3 is 0 Å². The highest BCUT2D eigenvalue weighted by molar-refractivity contribution is 6.87. The number of rotatable bonds is 3. The fourth-order valence-electron chi connectivity index (χ4n) is 1.01. The lowest BCUT2D eigenvalue weighted by Gasteiger charge is -2.47. The Morgan fingerprint density at radius 3 is 1.30 bits per heavy atom. The van der Waals surface area contributed by atoms with Crippen molar-refractivity contribution in [3.8, 4) is 12.3 Å². The Kier molecular flexibility index (Phi) is 8.65. The molecule has 0 spiro atoms. The van der Waals surface area contributed by atoms with E-state index in [-0.39, 0.29) is 6.61 Å². The van der Waals surface area contributed by atoms with Gasteiger partial charge in [0.25, 0.3) is 0 Å². The minimum atomic E-state index is -1.59. The predicted octanol–water partition coefficient (Wildman–Crippen LogP) is 5.02. The summed E-state index contributed by atoms with van der Waals surface area (Å²) in [5.41, 5.74) is 0. The van der Waals surface area contributed by atoms with Crippen LogP contribution in [0.4, 0.5) is 0 Å². The molecule has 0 atom stereocenters. The third-order valence-corrected chi connectivity index (χ3v) is 15.7. The van der Waals surface area contributed by atoms with Gasteiger partial charge < -0.3 is 9.22 Å². The van der Waals surface area contributed by atoms with Crippen LogP contribution >= 0.6 is 0 Å². The van der Waals surface area contributed by atoms with E-state index in [0.29, 0.717) is 16.5 Å². The van der Waals surface area contributed by atoms with Crippen LogP contribution in [0, 0.1) is 12.3 Å². The van der Waals surface area contributed by atoms with Crippen LogP contribution in [0.1, 0.15) is 48.0 Å². The van der Waals surface area contributed by atoms with Gasteiger partial charge in [-0.3, -0.25) is 0 Å². The molecule has 4 heteroatoms. The average molecular weight is 317 g/mol. The third kappa shape index (κ3) is 7.63. The second kappa shape index (κ2) is 7.79. The van der Waals surface area contributed by atoms with Gasteiger partial charge in [-0.15, -0.1) is 12.3 Å². The maximum atomic E-state index is 7.92. The summed E-state index contributed by atoms with van der Waals surface area (Å²) in [5, 5.41) is 8.57. The highest BCUT2D eigenvalue weighted by Crippen LogP contribution is 2.44. The van der Waals surface area contributed by atoms with Gasteiger partial charge in [-0.2, -0.15) is 0 Å². The lowest BCUT2D eigenvalue weighted by Crippen LogP contribution is -2.53. The molecule has 0 fully saturated rings. The van der Waals surface area contributed by atoms with Crippen molar-refractivity contribution >= 4 is 16.6 Å². The van der Waals surface area contributed by atoms with Gasteiger partial charge in [0.1, 0.15) is 0 Å². The minimum absolute atomic E-state index is 0.108. The second-order valence-corrected chi connectivity index (χ2v) is 18.2. The Labute approximate surface area is 129 Å². The van der Waals surface area contributed by atoms with Crippen LogP contribution in [0.5, 0.6) is 0 Å². The number of aliphatic hydroxyl groups is 1.